The van der Waals surface area contributed by atoms with E-state index in [1.165, 1.54) is 25.4 Å². The summed E-state index contributed by atoms with van der Waals surface area (Å²) in [6.45, 7) is 0. The fourth-order valence-electron chi connectivity index (χ4n) is 3.13. The van der Waals surface area contributed by atoms with Crippen molar-refractivity contribution in [2.75, 3.05) is 12.4 Å². The molecule has 0 saturated heterocycles. The summed E-state index contributed by atoms with van der Waals surface area (Å²) >= 11 is 0. The van der Waals surface area contributed by atoms with Crippen molar-refractivity contribution < 1.29 is 36.3 Å². The zero-order chi connectivity index (χ0) is 25.3. The van der Waals surface area contributed by atoms with Crippen molar-refractivity contribution in [2.45, 2.75) is 6.18 Å². The van der Waals surface area contributed by atoms with Crippen LogP contribution in [0.4, 0.5) is 27.6 Å². The molecule has 2 aromatic heterocycles. The van der Waals surface area contributed by atoms with Crippen LogP contribution >= 0.6 is 0 Å². The van der Waals surface area contributed by atoms with Crippen LogP contribution in [0.15, 0.2) is 48.7 Å². The second-order valence-electron chi connectivity index (χ2n) is 7.11. The Morgan fingerprint density at radius 3 is 2.37 bits per heavy atom. The number of hydrogen-bond acceptors (Lipinski definition) is 5. The number of pyridine rings is 1. The molecule has 2 heterocycles. The lowest BCUT2D eigenvalue weighted by molar-refractivity contribution is -0.137. The standard InChI is InChI=1S/C22H14F5N5O3/c1-28-20(33)17-9-12(4-5-29-17)35-19-14(23)7-11(8-15(19)24)30-21(34)18-13-6-10(22(25,26)27)2-3-16(13)31-32-18/h2-9H,1H3,(H,28,33)(H,30,34)(H,31,32). The number of rotatable bonds is 5. The van der Waals surface area contributed by atoms with E-state index in [0.717, 1.165) is 30.3 Å². The molecule has 0 radical (unpaired) electrons. The normalized spacial score (nSPS) is 11.4. The second kappa shape index (κ2) is 9.00. The zero-order valence-electron chi connectivity index (χ0n) is 17.6. The predicted molar refractivity (Wildman–Crippen MR) is 113 cm³/mol. The highest BCUT2D eigenvalue weighted by Gasteiger charge is 2.31. The Morgan fingerprint density at radius 2 is 1.71 bits per heavy atom. The fourth-order valence-corrected chi connectivity index (χ4v) is 3.13. The van der Waals surface area contributed by atoms with E-state index in [4.69, 9.17) is 4.74 Å². The third-order valence-electron chi connectivity index (χ3n) is 4.77. The summed E-state index contributed by atoms with van der Waals surface area (Å²) in [7, 11) is 1.38. The van der Waals surface area contributed by atoms with Crippen molar-refractivity contribution in [3.63, 3.8) is 0 Å². The molecule has 0 spiro atoms. The van der Waals surface area contributed by atoms with E-state index in [1.807, 2.05) is 0 Å². The Balaban J connectivity index is 1.58. The summed E-state index contributed by atoms with van der Waals surface area (Å²) in [5.41, 5.74) is -1.60. The Bertz CT molecular complexity index is 1430. The number of halogens is 5. The summed E-state index contributed by atoms with van der Waals surface area (Å²) in [6.07, 6.45) is -3.43. The summed E-state index contributed by atoms with van der Waals surface area (Å²) < 4.78 is 73.4. The van der Waals surface area contributed by atoms with Gasteiger partial charge < -0.3 is 15.4 Å². The Labute approximate surface area is 193 Å². The van der Waals surface area contributed by atoms with Gasteiger partial charge in [0, 0.05) is 42.5 Å². The molecule has 0 saturated carbocycles. The Hall–Kier alpha value is -4.55. The first-order chi connectivity index (χ1) is 16.6. The number of ether oxygens (including phenoxy) is 1. The van der Waals surface area contributed by atoms with Crippen molar-refractivity contribution in [3.05, 3.63) is 77.2 Å². The lowest BCUT2D eigenvalue weighted by Gasteiger charge is -2.11. The van der Waals surface area contributed by atoms with Crippen molar-refractivity contribution in [3.8, 4) is 11.5 Å². The molecule has 0 fully saturated rings. The summed E-state index contributed by atoms with van der Waals surface area (Å²) in [6, 6.07) is 6.65. The minimum Gasteiger partial charge on any atom is -0.451 e. The third kappa shape index (κ3) is 4.88. The number of amides is 2. The summed E-state index contributed by atoms with van der Waals surface area (Å²) in [5, 5.41) is 10.6. The molecule has 2 amide bonds. The number of nitrogens with one attached hydrogen (secondary N) is 3. The molecule has 0 unspecified atom stereocenters. The lowest BCUT2D eigenvalue weighted by atomic mass is 10.1. The van der Waals surface area contributed by atoms with Gasteiger partial charge in [-0.15, -0.1) is 0 Å². The topological polar surface area (TPSA) is 109 Å². The van der Waals surface area contributed by atoms with Gasteiger partial charge in [-0.2, -0.15) is 18.3 Å². The van der Waals surface area contributed by atoms with Crippen molar-refractivity contribution >= 4 is 28.4 Å². The largest absolute Gasteiger partial charge is 0.451 e. The van der Waals surface area contributed by atoms with Gasteiger partial charge in [-0.1, -0.05) is 0 Å². The molecular formula is C22H14F5N5O3. The van der Waals surface area contributed by atoms with E-state index in [1.54, 1.807) is 0 Å². The molecule has 4 aromatic rings. The molecule has 0 aliphatic carbocycles. The molecule has 4 rings (SSSR count). The number of hydrogen-bond donors (Lipinski definition) is 3. The lowest BCUT2D eigenvalue weighted by Crippen LogP contribution is -2.19. The maximum absolute atomic E-state index is 14.6. The summed E-state index contributed by atoms with van der Waals surface area (Å²) in [4.78, 5) is 28.1. The van der Waals surface area contributed by atoms with Crippen LogP contribution < -0.4 is 15.4 Å². The molecule has 0 aliphatic heterocycles. The third-order valence-corrected chi connectivity index (χ3v) is 4.77. The highest BCUT2D eigenvalue weighted by Crippen LogP contribution is 2.33. The summed E-state index contributed by atoms with van der Waals surface area (Å²) in [5.74, 6) is -4.79. The van der Waals surface area contributed by atoms with E-state index in [9.17, 15) is 31.5 Å². The maximum Gasteiger partial charge on any atom is 0.416 e. The van der Waals surface area contributed by atoms with Crippen LogP contribution in [-0.2, 0) is 6.18 Å². The molecule has 35 heavy (non-hydrogen) atoms. The van der Waals surface area contributed by atoms with Gasteiger partial charge in [0.05, 0.1) is 11.1 Å². The van der Waals surface area contributed by atoms with E-state index < -0.39 is 46.6 Å². The number of alkyl halides is 3. The van der Waals surface area contributed by atoms with E-state index >= 15 is 0 Å². The first-order valence-electron chi connectivity index (χ1n) is 9.78. The number of carbonyl (C=O) groups excluding carboxylic acids is 2. The van der Waals surface area contributed by atoms with Crippen LogP contribution in [0, 0.1) is 11.6 Å². The molecule has 180 valence electrons. The average molecular weight is 491 g/mol. The van der Waals surface area contributed by atoms with Gasteiger partial charge in [0.25, 0.3) is 11.8 Å². The number of benzene rings is 2. The number of anilines is 1. The molecule has 0 atom stereocenters. The highest BCUT2D eigenvalue weighted by molar-refractivity contribution is 6.11. The molecular weight excluding hydrogens is 477 g/mol. The number of aromatic nitrogens is 3. The van der Waals surface area contributed by atoms with Gasteiger partial charge >= 0.3 is 6.18 Å². The van der Waals surface area contributed by atoms with E-state index in [-0.39, 0.29) is 28.0 Å². The number of carbonyl (C=O) groups is 2. The smallest absolute Gasteiger partial charge is 0.416 e. The first-order valence-corrected chi connectivity index (χ1v) is 9.78. The van der Waals surface area contributed by atoms with E-state index in [0.29, 0.717) is 0 Å². The van der Waals surface area contributed by atoms with Crippen LogP contribution in [-0.4, -0.2) is 34.0 Å². The molecule has 13 heteroatoms. The van der Waals surface area contributed by atoms with E-state index in [2.05, 4.69) is 25.8 Å². The zero-order valence-corrected chi connectivity index (χ0v) is 17.6. The number of fused-ring (bicyclic) bond motifs is 1. The van der Waals surface area contributed by atoms with Crippen molar-refractivity contribution in [1.29, 1.82) is 0 Å². The van der Waals surface area contributed by atoms with Gasteiger partial charge in [-0.05, 0) is 24.3 Å². The van der Waals surface area contributed by atoms with Crippen molar-refractivity contribution in [1.82, 2.24) is 20.5 Å². The molecule has 0 aliphatic rings. The Kier molecular flexibility index (Phi) is 6.07. The maximum atomic E-state index is 14.6. The van der Waals surface area contributed by atoms with Crippen molar-refractivity contribution in [2.24, 2.45) is 0 Å². The van der Waals surface area contributed by atoms with Gasteiger partial charge in [0.1, 0.15) is 11.4 Å². The van der Waals surface area contributed by atoms with Crippen LogP contribution in [0.5, 0.6) is 11.5 Å². The SMILES string of the molecule is CNC(=O)c1cc(Oc2c(F)cc(NC(=O)c3n[nH]c4ccc(C(F)(F)F)cc34)cc2F)ccn1. The van der Waals surface area contributed by atoms with Gasteiger partial charge in [0.2, 0.25) is 0 Å². The minimum absolute atomic E-state index is 0.0467. The first kappa shape index (κ1) is 23.6. The number of nitrogens with zero attached hydrogens (tertiary/aromatic N) is 2. The monoisotopic (exact) mass is 491 g/mol. The quantitative estimate of drug-likeness (QED) is 0.352. The van der Waals surface area contributed by atoms with Crippen LogP contribution in [0.2, 0.25) is 0 Å². The van der Waals surface area contributed by atoms with Crippen LogP contribution in [0.3, 0.4) is 0 Å². The van der Waals surface area contributed by atoms with Gasteiger partial charge in [0.15, 0.2) is 23.1 Å². The van der Waals surface area contributed by atoms with Gasteiger partial charge in [-0.25, -0.2) is 8.78 Å². The molecule has 8 nitrogen and oxygen atoms in total. The van der Waals surface area contributed by atoms with Crippen LogP contribution in [0.1, 0.15) is 26.5 Å². The molecule has 0 bridgehead atoms. The highest BCUT2D eigenvalue weighted by atomic mass is 19.4. The van der Waals surface area contributed by atoms with Crippen LogP contribution in [0.25, 0.3) is 10.9 Å². The minimum atomic E-state index is -4.64. The average Bonchev–Trinajstić information content (AvgIpc) is 3.24. The molecule has 2 aromatic carbocycles. The predicted octanol–water partition coefficient (Wildman–Crippen LogP) is 4.66. The Morgan fingerprint density at radius 1 is 1.00 bits per heavy atom. The number of aromatic amines is 1. The van der Waals surface area contributed by atoms with Gasteiger partial charge in [-0.3, -0.25) is 19.7 Å². The second-order valence-corrected chi connectivity index (χ2v) is 7.11. The fraction of sp³-hybridized carbons (Fsp3) is 0.0909. The number of H-pyrrole nitrogens is 1. The molecule has 3 N–H and O–H groups in total.